The van der Waals surface area contributed by atoms with Crippen molar-refractivity contribution in [1.82, 2.24) is 10.2 Å². The van der Waals surface area contributed by atoms with Gasteiger partial charge < -0.3 is 24.4 Å². The Kier molecular flexibility index (Phi) is 7.66. The van der Waals surface area contributed by atoms with Crippen molar-refractivity contribution in [2.45, 2.75) is 24.7 Å². The van der Waals surface area contributed by atoms with E-state index in [1.807, 2.05) is 78.9 Å². The summed E-state index contributed by atoms with van der Waals surface area (Å²) in [6, 6.07) is 24.7. The number of hydrogen-bond acceptors (Lipinski definition) is 4. The van der Waals surface area contributed by atoms with E-state index in [2.05, 4.69) is 5.32 Å². The highest BCUT2D eigenvalue weighted by atomic mass is 35.5. The van der Waals surface area contributed by atoms with Gasteiger partial charge in [-0.25, -0.2) is 4.79 Å². The molecule has 1 unspecified atom stereocenters. The van der Waals surface area contributed by atoms with Crippen molar-refractivity contribution >= 4 is 29.2 Å². The molecular weight excluding hydrogens is 499 g/mol. The molecule has 1 fully saturated rings. The van der Waals surface area contributed by atoms with Gasteiger partial charge in [-0.05, 0) is 41.0 Å². The molecule has 0 bridgehead atoms. The molecule has 3 aromatic rings. The fourth-order valence-corrected chi connectivity index (χ4v) is 4.51. The topological polar surface area (TPSA) is 60.0 Å². The second kappa shape index (κ2) is 11.2. The second-order valence-electron chi connectivity index (χ2n) is 8.79. The van der Waals surface area contributed by atoms with E-state index in [0.717, 1.165) is 16.7 Å². The Morgan fingerprint density at radius 2 is 1.56 bits per heavy atom. The zero-order chi connectivity index (χ0) is 24.9. The zero-order valence-corrected chi connectivity index (χ0v) is 21.0. The lowest BCUT2D eigenvalue weighted by molar-refractivity contribution is -0.0648. The monoisotopic (exact) mass is 524 g/mol. The predicted molar refractivity (Wildman–Crippen MR) is 139 cm³/mol. The largest absolute Gasteiger partial charge is 0.462 e. The molecule has 1 atom stereocenters. The lowest BCUT2D eigenvalue weighted by Crippen LogP contribution is -2.59. The summed E-state index contributed by atoms with van der Waals surface area (Å²) in [5.74, 6) is 0.617. The highest BCUT2D eigenvalue weighted by molar-refractivity contribution is 6.30. The molecule has 0 spiro atoms. The number of benzene rings is 3. The van der Waals surface area contributed by atoms with Crippen LogP contribution < -0.4 is 5.32 Å². The smallest absolute Gasteiger partial charge is 0.318 e. The number of hydrogen-bond donors (Lipinski definition) is 1. The maximum Gasteiger partial charge on any atom is 0.318 e. The molecule has 2 heterocycles. The summed E-state index contributed by atoms with van der Waals surface area (Å²) in [6.07, 6.45) is 1.77. The summed E-state index contributed by atoms with van der Waals surface area (Å²) in [5, 5.41) is 4.42. The number of rotatable bonds is 8. The van der Waals surface area contributed by atoms with Crippen molar-refractivity contribution in [2.75, 3.05) is 19.9 Å². The first-order chi connectivity index (χ1) is 17.5. The molecule has 2 aliphatic rings. The maximum atomic E-state index is 13.0. The maximum absolute atomic E-state index is 13.0. The van der Waals surface area contributed by atoms with Crippen LogP contribution in [0, 0.1) is 0 Å². The summed E-state index contributed by atoms with van der Waals surface area (Å²) in [7, 11) is 0. The zero-order valence-electron chi connectivity index (χ0n) is 19.5. The lowest BCUT2D eigenvalue weighted by atomic mass is 10.0. The molecular formula is C28H26Cl2N2O4. The molecule has 0 aromatic heterocycles. The van der Waals surface area contributed by atoms with Gasteiger partial charge in [0.2, 0.25) is 6.79 Å². The number of urea groups is 1. The molecule has 2 aliphatic heterocycles. The number of likely N-dealkylation sites (tertiary alicyclic amines) is 1. The molecule has 0 saturated carbocycles. The molecule has 186 valence electrons. The Hall–Kier alpha value is -3.19. The molecule has 36 heavy (non-hydrogen) atoms. The fraction of sp³-hybridized carbons (Fsp3) is 0.250. The first-order valence-electron chi connectivity index (χ1n) is 11.8. The van der Waals surface area contributed by atoms with Crippen molar-refractivity contribution in [2.24, 2.45) is 0 Å². The molecule has 2 amide bonds. The second-order valence-corrected chi connectivity index (χ2v) is 9.66. The Morgan fingerprint density at radius 3 is 2.11 bits per heavy atom. The third-order valence-corrected chi connectivity index (χ3v) is 6.73. The van der Waals surface area contributed by atoms with Crippen LogP contribution in [0.3, 0.4) is 0 Å². The van der Waals surface area contributed by atoms with Crippen LogP contribution in [0.4, 0.5) is 4.79 Å². The van der Waals surface area contributed by atoms with Crippen LogP contribution in [0.5, 0.6) is 0 Å². The van der Waals surface area contributed by atoms with Crippen LogP contribution in [-0.4, -0.2) is 43.0 Å². The Balaban J connectivity index is 1.22. The number of amides is 2. The minimum absolute atomic E-state index is 0.107. The van der Waals surface area contributed by atoms with Crippen molar-refractivity contribution in [3.05, 3.63) is 118 Å². The summed E-state index contributed by atoms with van der Waals surface area (Å²) in [6.45, 7) is 1.13. The van der Waals surface area contributed by atoms with E-state index in [-0.39, 0.29) is 31.1 Å². The Labute approximate surface area is 220 Å². The minimum atomic E-state index is -0.321. The van der Waals surface area contributed by atoms with E-state index >= 15 is 0 Å². The summed E-state index contributed by atoms with van der Waals surface area (Å²) >= 11 is 12.2. The highest BCUT2D eigenvalue weighted by Crippen LogP contribution is 2.31. The highest BCUT2D eigenvalue weighted by Gasteiger charge is 2.35. The molecule has 0 aliphatic carbocycles. The summed E-state index contributed by atoms with van der Waals surface area (Å²) in [5.41, 5.74) is 3.06. The molecule has 6 nitrogen and oxygen atoms in total. The summed E-state index contributed by atoms with van der Waals surface area (Å²) < 4.78 is 17.3. The van der Waals surface area contributed by atoms with Gasteiger partial charge in [-0.15, -0.1) is 0 Å². The van der Waals surface area contributed by atoms with E-state index < -0.39 is 0 Å². The van der Waals surface area contributed by atoms with Crippen molar-refractivity contribution in [3.8, 4) is 0 Å². The van der Waals surface area contributed by atoms with Gasteiger partial charge in [0.25, 0.3) is 0 Å². The molecule has 5 rings (SSSR count). The van der Waals surface area contributed by atoms with Gasteiger partial charge in [-0.3, -0.25) is 0 Å². The van der Waals surface area contributed by atoms with Crippen LogP contribution in [-0.2, 0) is 20.6 Å². The average Bonchev–Trinajstić information content (AvgIpc) is 3.40. The lowest BCUT2D eigenvalue weighted by Gasteiger charge is -2.41. The number of carbonyl (C=O) groups is 1. The number of ether oxygens (including phenoxy) is 3. The summed E-state index contributed by atoms with van der Waals surface area (Å²) in [4.78, 5) is 14.8. The van der Waals surface area contributed by atoms with Crippen LogP contribution in [0.1, 0.15) is 22.8 Å². The van der Waals surface area contributed by atoms with E-state index in [4.69, 9.17) is 37.4 Å². The van der Waals surface area contributed by atoms with Crippen molar-refractivity contribution in [1.29, 1.82) is 0 Å². The Morgan fingerprint density at radius 1 is 0.944 bits per heavy atom. The van der Waals surface area contributed by atoms with Gasteiger partial charge >= 0.3 is 6.03 Å². The van der Waals surface area contributed by atoms with Crippen LogP contribution >= 0.6 is 23.2 Å². The quantitative estimate of drug-likeness (QED) is 0.395. The fourth-order valence-electron chi connectivity index (χ4n) is 4.26. The number of nitrogens with zero attached hydrogens (tertiary/aromatic N) is 1. The molecule has 1 N–H and O–H groups in total. The number of nitrogens with one attached hydrogen (secondary N) is 1. The van der Waals surface area contributed by atoms with Gasteiger partial charge in [-0.2, -0.15) is 0 Å². The van der Waals surface area contributed by atoms with E-state index in [0.29, 0.717) is 35.3 Å². The van der Waals surface area contributed by atoms with Crippen molar-refractivity contribution < 1.29 is 19.0 Å². The first kappa shape index (κ1) is 24.5. The third kappa shape index (κ3) is 5.95. The van der Waals surface area contributed by atoms with E-state index in [1.165, 1.54) is 0 Å². The standard InChI is InChI=1S/C28H26Cl2N2O4/c29-22-10-6-20(7-11-22)27(21-8-12-23(30)13-9-21)36-24-15-32(16-24)28(33)31-25(26-17-34-18-35-26)14-19-4-2-1-3-5-19/h1-13,17,24-25,27H,14-16,18H2,(H,31,33). The minimum Gasteiger partial charge on any atom is -0.462 e. The molecule has 0 radical (unpaired) electrons. The predicted octanol–water partition coefficient (Wildman–Crippen LogP) is 5.95. The van der Waals surface area contributed by atoms with Crippen molar-refractivity contribution in [3.63, 3.8) is 0 Å². The van der Waals surface area contributed by atoms with Gasteiger partial charge in [0.15, 0.2) is 5.76 Å². The average molecular weight is 525 g/mol. The van der Waals surface area contributed by atoms with Gasteiger partial charge in [0.05, 0.1) is 25.2 Å². The van der Waals surface area contributed by atoms with Gasteiger partial charge in [0.1, 0.15) is 12.4 Å². The van der Waals surface area contributed by atoms with Crippen LogP contribution in [0.25, 0.3) is 0 Å². The first-order valence-corrected chi connectivity index (χ1v) is 12.5. The Bertz CT molecular complexity index is 1150. The van der Waals surface area contributed by atoms with Crippen LogP contribution in [0.2, 0.25) is 10.0 Å². The molecule has 1 saturated heterocycles. The van der Waals surface area contributed by atoms with Gasteiger partial charge in [-0.1, -0.05) is 77.8 Å². The molecule has 8 heteroatoms. The normalized spacial score (nSPS) is 16.1. The van der Waals surface area contributed by atoms with Crippen LogP contribution in [0.15, 0.2) is 90.9 Å². The molecule has 3 aromatic carbocycles. The van der Waals surface area contributed by atoms with E-state index in [1.54, 1.807) is 11.2 Å². The third-order valence-electron chi connectivity index (χ3n) is 6.23. The SMILES string of the molecule is O=C(NC(Cc1ccccc1)C1=COCO1)N1CC(OC(c2ccc(Cl)cc2)c2ccc(Cl)cc2)C1. The van der Waals surface area contributed by atoms with Gasteiger partial charge in [0, 0.05) is 16.5 Å². The van der Waals surface area contributed by atoms with E-state index in [9.17, 15) is 4.79 Å². The number of halogens is 2. The number of carbonyl (C=O) groups excluding carboxylic acids is 1.